The van der Waals surface area contributed by atoms with Gasteiger partial charge in [-0.3, -0.25) is 4.99 Å². The van der Waals surface area contributed by atoms with Crippen molar-refractivity contribution in [3.8, 4) is 0 Å². The second kappa shape index (κ2) is 5.87. The summed E-state index contributed by atoms with van der Waals surface area (Å²) in [6.07, 6.45) is 2.34. The summed E-state index contributed by atoms with van der Waals surface area (Å²) in [6.45, 7) is 6.34. The van der Waals surface area contributed by atoms with Gasteiger partial charge >= 0.3 is 0 Å². The van der Waals surface area contributed by atoms with Crippen LogP contribution in [0.1, 0.15) is 26.7 Å². The van der Waals surface area contributed by atoms with Gasteiger partial charge in [-0.15, -0.1) is 12.6 Å². The molecule has 3 nitrogen and oxygen atoms in total. The molecule has 1 fully saturated rings. The van der Waals surface area contributed by atoms with Crippen LogP contribution in [-0.4, -0.2) is 42.2 Å². The lowest BCUT2D eigenvalue weighted by atomic mass is 9.98. The number of hydrogen-bond donors (Lipinski definition) is 2. The van der Waals surface area contributed by atoms with Gasteiger partial charge in [0.15, 0.2) is 0 Å². The number of nitrogens with two attached hydrogens (primary N) is 1. The summed E-state index contributed by atoms with van der Waals surface area (Å²) in [5, 5.41) is 0.993. The van der Waals surface area contributed by atoms with Gasteiger partial charge in [0.2, 0.25) is 0 Å². The molecule has 88 valence electrons. The van der Waals surface area contributed by atoms with Gasteiger partial charge in [-0.2, -0.15) is 0 Å². The molecule has 0 saturated carbocycles. The molecule has 0 bridgehead atoms. The third-order valence-corrected chi connectivity index (χ3v) is 3.66. The Bertz CT molecular complexity index is 220. The van der Waals surface area contributed by atoms with Gasteiger partial charge in [-0.1, -0.05) is 0 Å². The topological polar surface area (TPSA) is 41.6 Å². The molecule has 15 heavy (non-hydrogen) atoms. The molecule has 2 atom stereocenters. The van der Waals surface area contributed by atoms with Crippen LogP contribution in [0.2, 0.25) is 0 Å². The van der Waals surface area contributed by atoms with Gasteiger partial charge in [0.05, 0.1) is 11.1 Å². The minimum Gasteiger partial charge on any atom is -0.326 e. The summed E-state index contributed by atoms with van der Waals surface area (Å²) in [5.74, 6) is 0.547. The molecule has 1 heterocycles. The van der Waals surface area contributed by atoms with E-state index in [1.807, 2.05) is 6.92 Å². The second-order valence-electron chi connectivity index (χ2n) is 4.66. The van der Waals surface area contributed by atoms with E-state index in [2.05, 4.69) is 36.5 Å². The normalized spacial score (nSPS) is 25.3. The Hall–Kier alpha value is -0.0600. The molecule has 0 aromatic rings. The SMILES string of the molecule is CC(N)C(C)/N=C(\S)C1CCN(C)CC1. The lowest BCUT2D eigenvalue weighted by Crippen LogP contribution is -2.34. The van der Waals surface area contributed by atoms with Gasteiger partial charge in [-0.05, 0) is 46.8 Å². The fraction of sp³-hybridized carbons (Fsp3) is 0.909. The van der Waals surface area contributed by atoms with Crippen LogP contribution in [0.4, 0.5) is 0 Å². The van der Waals surface area contributed by atoms with E-state index in [1.54, 1.807) is 0 Å². The molecule has 4 heteroatoms. The zero-order chi connectivity index (χ0) is 11.4. The minimum atomic E-state index is 0.110. The lowest BCUT2D eigenvalue weighted by molar-refractivity contribution is 0.253. The summed E-state index contributed by atoms with van der Waals surface area (Å²) >= 11 is 4.51. The number of rotatable bonds is 3. The number of hydrogen-bond acceptors (Lipinski definition) is 3. The molecule has 0 aromatic heterocycles. The molecular formula is C11H23N3S. The highest BCUT2D eigenvalue weighted by atomic mass is 32.1. The average Bonchev–Trinajstić information content (AvgIpc) is 2.18. The Morgan fingerprint density at radius 1 is 1.40 bits per heavy atom. The summed E-state index contributed by atoms with van der Waals surface area (Å²) in [7, 11) is 2.16. The molecule has 1 aliphatic heterocycles. The average molecular weight is 229 g/mol. The van der Waals surface area contributed by atoms with Crippen molar-refractivity contribution < 1.29 is 0 Å². The third-order valence-electron chi connectivity index (χ3n) is 3.18. The van der Waals surface area contributed by atoms with E-state index in [9.17, 15) is 0 Å². The lowest BCUT2D eigenvalue weighted by Gasteiger charge is -2.29. The van der Waals surface area contributed by atoms with E-state index < -0.39 is 0 Å². The first kappa shape index (κ1) is 13.0. The second-order valence-corrected chi connectivity index (χ2v) is 5.12. The number of piperidine rings is 1. The molecular weight excluding hydrogens is 206 g/mol. The van der Waals surface area contributed by atoms with Crippen molar-refractivity contribution in [2.45, 2.75) is 38.8 Å². The van der Waals surface area contributed by atoms with Crippen LogP contribution in [0.5, 0.6) is 0 Å². The number of thiol groups is 1. The molecule has 0 spiro atoms. The monoisotopic (exact) mass is 229 g/mol. The van der Waals surface area contributed by atoms with E-state index in [-0.39, 0.29) is 12.1 Å². The Kier molecular flexibility index (Phi) is 5.09. The van der Waals surface area contributed by atoms with E-state index >= 15 is 0 Å². The Balaban J connectivity index is 2.49. The maximum Gasteiger partial charge on any atom is 0.0681 e. The largest absolute Gasteiger partial charge is 0.326 e. The van der Waals surface area contributed by atoms with Gasteiger partial charge in [0.1, 0.15) is 0 Å². The predicted molar refractivity (Wildman–Crippen MR) is 69.8 cm³/mol. The van der Waals surface area contributed by atoms with E-state index in [1.165, 1.54) is 12.8 Å². The number of aliphatic imine (C=N–C) groups is 1. The highest BCUT2D eigenvalue weighted by molar-refractivity contribution is 7.97. The molecule has 1 rings (SSSR count). The fourth-order valence-electron chi connectivity index (χ4n) is 1.70. The van der Waals surface area contributed by atoms with Crippen LogP contribution in [0.3, 0.4) is 0 Å². The summed E-state index contributed by atoms with van der Waals surface area (Å²) in [6, 6.07) is 0.288. The van der Waals surface area contributed by atoms with Crippen LogP contribution < -0.4 is 5.73 Å². The first-order valence-corrected chi connectivity index (χ1v) is 6.16. The van der Waals surface area contributed by atoms with E-state index in [0.717, 1.165) is 18.1 Å². The zero-order valence-corrected chi connectivity index (χ0v) is 10.9. The predicted octanol–water partition coefficient (Wildman–Crippen LogP) is 1.39. The van der Waals surface area contributed by atoms with Gasteiger partial charge in [0.25, 0.3) is 0 Å². The first-order chi connectivity index (χ1) is 7.00. The summed E-state index contributed by atoms with van der Waals surface area (Å²) in [4.78, 5) is 6.92. The van der Waals surface area contributed by atoms with Crippen LogP contribution in [0, 0.1) is 5.92 Å². The van der Waals surface area contributed by atoms with Crippen molar-refractivity contribution in [1.29, 1.82) is 0 Å². The molecule has 0 radical (unpaired) electrons. The Morgan fingerprint density at radius 2 is 1.93 bits per heavy atom. The van der Waals surface area contributed by atoms with Crippen molar-refractivity contribution in [1.82, 2.24) is 4.90 Å². The van der Waals surface area contributed by atoms with Gasteiger partial charge < -0.3 is 10.6 Å². The van der Waals surface area contributed by atoms with Crippen LogP contribution in [0.15, 0.2) is 4.99 Å². The van der Waals surface area contributed by atoms with Crippen molar-refractivity contribution in [3.05, 3.63) is 0 Å². The van der Waals surface area contributed by atoms with Gasteiger partial charge in [0, 0.05) is 12.0 Å². The number of likely N-dealkylation sites (tertiary alicyclic amines) is 1. The Labute approximate surface area is 98.5 Å². The van der Waals surface area contributed by atoms with Gasteiger partial charge in [-0.25, -0.2) is 0 Å². The van der Waals surface area contributed by atoms with Crippen molar-refractivity contribution >= 4 is 17.7 Å². The first-order valence-electron chi connectivity index (χ1n) is 5.71. The Morgan fingerprint density at radius 3 is 2.40 bits per heavy atom. The zero-order valence-electron chi connectivity index (χ0n) is 9.98. The number of nitrogens with zero attached hydrogens (tertiary/aromatic N) is 2. The summed E-state index contributed by atoms with van der Waals surface area (Å²) < 4.78 is 0. The molecule has 0 aromatic carbocycles. The smallest absolute Gasteiger partial charge is 0.0681 e. The maximum atomic E-state index is 5.79. The molecule has 0 amide bonds. The maximum absolute atomic E-state index is 5.79. The molecule has 1 aliphatic rings. The van der Waals surface area contributed by atoms with Crippen LogP contribution in [-0.2, 0) is 0 Å². The quantitative estimate of drug-likeness (QED) is 0.436. The fourth-order valence-corrected chi connectivity index (χ4v) is 2.14. The van der Waals surface area contributed by atoms with Crippen LogP contribution >= 0.6 is 12.6 Å². The van der Waals surface area contributed by atoms with Crippen molar-refractivity contribution in [3.63, 3.8) is 0 Å². The van der Waals surface area contributed by atoms with E-state index in [4.69, 9.17) is 5.73 Å². The molecule has 0 aliphatic carbocycles. The van der Waals surface area contributed by atoms with Crippen molar-refractivity contribution in [2.24, 2.45) is 16.6 Å². The van der Waals surface area contributed by atoms with Crippen molar-refractivity contribution in [2.75, 3.05) is 20.1 Å². The highest BCUT2D eigenvalue weighted by Gasteiger charge is 2.20. The molecule has 2 unspecified atom stereocenters. The molecule has 2 N–H and O–H groups in total. The third kappa shape index (κ3) is 4.13. The van der Waals surface area contributed by atoms with Crippen LogP contribution in [0.25, 0.3) is 0 Å². The van der Waals surface area contributed by atoms with E-state index in [0.29, 0.717) is 5.92 Å². The summed E-state index contributed by atoms with van der Waals surface area (Å²) in [5.41, 5.74) is 5.79. The molecule has 1 saturated heterocycles. The minimum absolute atomic E-state index is 0.110. The highest BCUT2D eigenvalue weighted by Crippen LogP contribution is 2.20. The standard InChI is InChI=1S/C11H23N3S/c1-8(12)9(2)13-11(15)10-4-6-14(3)7-5-10/h8-10H,4-7,12H2,1-3H3,(H,13,15).